The van der Waals surface area contributed by atoms with Gasteiger partial charge in [0.05, 0.1) is 0 Å². The number of carbonyl (C=O) groups is 1. The maximum Gasteiger partial charge on any atom is 0.414 e. The van der Waals surface area contributed by atoms with Crippen molar-refractivity contribution >= 4 is 6.09 Å². The molecule has 0 spiro atoms. The van der Waals surface area contributed by atoms with Crippen LogP contribution in [0.2, 0.25) is 0 Å². The molecule has 14 heavy (non-hydrogen) atoms. The fourth-order valence-corrected chi connectivity index (χ4v) is 1.15. The maximum absolute atomic E-state index is 11.0. The van der Waals surface area contributed by atoms with Crippen molar-refractivity contribution in [2.24, 2.45) is 0 Å². The molecule has 4 heteroatoms. The van der Waals surface area contributed by atoms with E-state index in [4.69, 9.17) is 9.84 Å². The van der Waals surface area contributed by atoms with E-state index in [1.807, 2.05) is 32.0 Å². The number of para-hydroxylation sites is 1. The summed E-state index contributed by atoms with van der Waals surface area (Å²) in [5.41, 5.74) is 1.77. The molecule has 0 unspecified atom stereocenters. The highest BCUT2D eigenvalue weighted by Gasteiger charge is 2.07. The Morgan fingerprint density at radius 3 is 2.50 bits per heavy atom. The second kappa shape index (κ2) is 4.62. The van der Waals surface area contributed by atoms with Gasteiger partial charge in [0.2, 0.25) is 0 Å². The van der Waals surface area contributed by atoms with E-state index < -0.39 is 12.8 Å². The van der Waals surface area contributed by atoms with Crippen molar-refractivity contribution in [2.45, 2.75) is 13.8 Å². The van der Waals surface area contributed by atoms with Crippen LogP contribution in [0, 0.1) is 13.8 Å². The molecule has 1 aromatic carbocycles. The Hall–Kier alpha value is -1.55. The van der Waals surface area contributed by atoms with Gasteiger partial charge in [0.15, 0.2) is 0 Å². The van der Waals surface area contributed by atoms with Crippen molar-refractivity contribution in [1.82, 2.24) is 5.32 Å². The summed E-state index contributed by atoms with van der Waals surface area (Å²) in [4.78, 5) is 11.0. The van der Waals surface area contributed by atoms with Crippen LogP contribution in [0.25, 0.3) is 0 Å². The molecule has 0 radical (unpaired) electrons. The van der Waals surface area contributed by atoms with Crippen molar-refractivity contribution in [3.8, 4) is 5.75 Å². The number of rotatable bonds is 2. The van der Waals surface area contributed by atoms with Gasteiger partial charge in [0.25, 0.3) is 0 Å². The summed E-state index contributed by atoms with van der Waals surface area (Å²) in [5, 5.41) is 10.6. The van der Waals surface area contributed by atoms with Crippen molar-refractivity contribution in [3.05, 3.63) is 29.3 Å². The van der Waals surface area contributed by atoms with Gasteiger partial charge in [-0.25, -0.2) is 4.79 Å². The molecule has 0 aliphatic heterocycles. The number of ether oxygens (including phenoxy) is 1. The van der Waals surface area contributed by atoms with Crippen LogP contribution in [0.3, 0.4) is 0 Å². The average molecular weight is 195 g/mol. The molecule has 1 aromatic rings. The molecule has 4 nitrogen and oxygen atoms in total. The monoisotopic (exact) mass is 195 g/mol. The van der Waals surface area contributed by atoms with Gasteiger partial charge in [-0.05, 0) is 25.0 Å². The summed E-state index contributed by atoms with van der Waals surface area (Å²) in [6, 6.07) is 5.60. The number of aliphatic hydroxyl groups is 1. The van der Waals surface area contributed by atoms with Gasteiger partial charge < -0.3 is 9.84 Å². The quantitative estimate of drug-likeness (QED) is 0.700. The Kier molecular flexibility index (Phi) is 3.48. The topological polar surface area (TPSA) is 58.6 Å². The van der Waals surface area contributed by atoms with Gasteiger partial charge in [-0.2, -0.15) is 0 Å². The van der Waals surface area contributed by atoms with E-state index in [9.17, 15) is 4.79 Å². The SMILES string of the molecule is Cc1cccc(C)c1OC(=O)NCO. The van der Waals surface area contributed by atoms with E-state index in [1.54, 1.807) is 0 Å². The number of carbonyl (C=O) groups excluding carboxylic acids is 1. The minimum absolute atomic E-state index is 0.427. The molecule has 0 fully saturated rings. The van der Waals surface area contributed by atoms with Gasteiger partial charge in [0, 0.05) is 0 Å². The van der Waals surface area contributed by atoms with E-state index >= 15 is 0 Å². The maximum atomic E-state index is 11.0. The zero-order valence-corrected chi connectivity index (χ0v) is 8.20. The van der Waals surface area contributed by atoms with Crippen LogP contribution in [0.4, 0.5) is 4.79 Å². The van der Waals surface area contributed by atoms with Crippen LogP contribution in [-0.4, -0.2) is 17.9 Å². The molecule has 1 amide bonds. The van der Waals surface area contributed by atoms with Crippen molar-refractivity contribution in [1.29, 1.82) is 0 Å². The molecular formula is C10H13NO3. The third-order valence-electron chi connectivity index (χ3n) is 1.83. The molecule has 0 aliphatic rings. The van der Waals surface area contributed by atoms with Crippen LogP contribution in [0.1, 0.15) is 11.1 Å². The smallest absolute Gasteiger partial charge is 0.410 e. The number of benzene rings is 1. The first-order valence-corrected chi connectivity index (χ1v) is 4.28. The Bertz CT molecular complexity index is 316. The Labute approximate surface area is 82.5 Å². The fourth-order valence-electron chi connectivity index (χ4n) is 1.15. The first kappa shape index (κ1) is 10.5. The second-order valence-electron chi connectivity index (χ2n) is 2.95. The summed E-state index contributed by atoms with van der Waals surface area (Å²) >= 11 is 0. The number of nitrogens with one attached hydrogen (secondary N) is 1. The predicted molar refractivity (Wildman–Crippen MR) is 52.2 cm³/mol. The number of aliphatic hydroxyl groups excluding tert-OH is 1. The predicted octanol–water partition coefficient (Wildman–Crippen LogP) is 1.34. The minimum atomic E-state index is -0.648. The number of amides is 1. The van der Waals surface area contributed by atoms with Crippen molar-refractivity contribution < 1.29 is 14.6 Å². The number of hydrogen-bond acceptors (Lipinski definition) is 3. The summed E-state index contributed by atoms with van der Waals surface area (Å²) in [5.74, 6) is 0.540. The summed E-state index contributed by atoms with van der Waals surface area (Å²) in [6.45, 7) is 3.28. The molecule has 0 bridgehead atoms. The normalized spacial score (nSPS) is 9.64. The molecule has 0 heterocycles. The minimum Gasteiger partial charge on any atom is -0.410 e. The summed E-state index contributed by atoms with van der Waals surface area (Å²) in [6.07, 6.45) is -0.648. The molecule has 2 N–H and O–H groups in total. The third kappa shape index (κ3) is 2.47. The first-order valence-electron chi connectivity index (χ1n) is 4.28. The van der Waals surface area contributed by atoms with Crippen LogP contribution < -0.4 is 10.1 Å². The molecule has 0 saturated carbocycles. The standard InChI is InChI=1S/C10H13NO3/c1-7-4-3-5-8(2)9(7)14-10(13)11-6-12/h3-5,12H,6H2,1-2H3,(H,11,13). The number of hydrogen-bond donors (Lipinski definition) is 2. The summed E-state index contributed by atoms with van der Waals surface area (Å²) < 4.78 is 5.01. The van der Waals surface area contributed by atoms with Crippen LogP contribution >= 0.6 is 0 Å². The lowest BCUT2D eigenvalue weighted by Gasteiger charge is -2.09. The van der Waals surface area contributed by atoms with Gasteiger partial charge in [-0.15, -0.1) is 0 Å². The molecule has 0 aliphatic carbocycles. The molecule has 0 aromatic heterocycles. The zero-order valence-electron chi connectivity index (χ0n) is 8.20. The van der Waals surface area contributed by atoms with Crippen molar-refractivity contribution in [3.63, 3.8) is 0 Å². The van der Waals surface area contributed by atoms with E-state index in [0.717, 1.165) is 11.1 Å². The Morgan fingerprint density at radius 1 is 1.43 bits per heavy atom. The molecular weight excluding hydrogens is 182 g/mol. The zero-order chi connectivity index (χ0) is 10.6. The summed E-state index contributed by atoms with van der Waals surface area (Å²) in [7, 11) is 0. The van der Waals surface area contributed by atoms with Gasteiger partial charge in [0.1, 0.15) is 12.5 Å². The second-order valence-corrected chi connectivity index (χ2v) is 2.95. The van der Waals surface area contributed by atoms with E-state index in [0.29, 0.717) is 5.75 Å². The van der Waals surface area contributed by atoms with Crippen LogP contribution in [0.5, 0.6) is 5.75 Å². The Morgan fingerprint density at radius 2 is 2.00 bits per heavy atom. The molecule has 0 saturated heterocycles. The van der Waals surface area contributed by atoms with Crippen LogP contribution in [-0.2, 0) is 0 Å². The van der Waals surface area contributed by atoms with Gasteiger partial charge in [-0.3, -0.25) is 5.32 Å². The highest BCUT2D eigenvalue weighted by atomic mass is 16.6. The lowest BCUT2D eigenvalue weighted by Crippen LogP contribution is -2.27. The van der Waals surface area contributed by atoms with E-state index in [-0.39, 0.29) is 0 Å². The molecule has 1 rings (SSSR count). The largest absolute Gasteiger partial charge is 0.414 e. The highest BCUT2D eigenvalue weighted by molar-refractivity contribution is 5.71. The van der Waals surface area contributed by atoms with Gasteiger partial charge in [-0.1, -0.05) is 18.2 Å². The highest BCUT2D eigenvalue weighted by Crippen LogP contribution is 2.22. The Balaban J connectivity index is 2.80. The molecule has 0 atom stereocenters. The van der Waals surface area contributed by atoms with Crippen LogP contribution in [0.15, 0.2) is 18.2 Å². The van der Waals surface area contributed by atoms with Gasteiger partial charge >= 0.3 is 6.09 Å². The lowest BCUT2D eigenvalue weighted by molar-refractivity contribution is 0.181. The van der Waals surface area contributed by atoms with E-state index in [1.165, 1.54) is 0 Å². The number of aryl methyl sites for hydroxylation is 2. The van der Waals surface area contributed by atoms with Crippen molar-refractivity contribution in [2.75, 3.05) is 6.73 Å². The molecule has 76 valence electrons. The van der Waals surface area contributed by atoms with E-state index in [2.05, 4.69) is 5.32 Å². The first-order chi connectivity index (χ1) is 6.65. The lowest BCUT2D eigenvalue weighted by atomic mass is 10.1. The fraction of sp³-hybridized carbons (Fsp3) is 0.300. The third-order valence-corrected chi connectivity index (χ3v) is 1.83. The average Bonchev–Trinajstić information content (AvgIpc) is 2.12.